The lowest BCUT2D eigenvalue weighted by Crippen LogP contribution is -2.56. The van der Waals surface area contributed by atoms with Crippen molar-refractivity contribution in [2.24, 2.45) is 0 Å². The van der Waals surface area contributed by atoms with Crippen LogP contribution in [0.15, 0.2) is 0 Å². The van der Waals surface area contributed by atoms with Gasteiger partial charge in [0, 0.05) is 32.7 Å². The molecule has 6 nitrogen and oxygen atoms in total. The Morgan fingerprint density at radius 2 is 2.26 bits per heavy atom. The summed E-state index contributed by atoms with van der Waals surface area (Å²) in [6.45, 7) is 1.46. The Balaban J connectivity index is 1.87. The number of hydrogen-bond acceptors (Lipinski definition) is 4. The van der Waals surface area contributed by atoms with Crippen LogP contribution in [0, 0.1) is 0 Å². The van der Waals surface area contributed by atoms with Gasteiger partial charge in [-0.1, -0.05) is 0 Å². The molecule has 7 heteroatoms. The van der Waals surface area contributed by atoms with E-state index in [4.69, 9.17) is 0 Å². The van der Waals surface area contributed by atoms with Crippen molar-refractivity contribution in [2.75, 3.05) is 39.4 Å². The van der Waals surface area contributed by atoms with Crippen LogP contribution < -0.4 is 5.32 Å². The van der Waals surface area contributed by atoms with Gasteiger partial charge in [-0.25, -0.2) is 4.39 Å². The second kappa shape index (κ2) is 6.29. The maximum absolute atomic E-state index is 12.3. The smallest absolute Gasteiger partial charge is 0.240 e. The van der Waals surface area contributed by atoms with E-state index >= 15 is 0 Å². The summed E-state index contributed by atoms with van der Waals surface area (Å²) in [5.41, 5.74) is 0. The Bertz CT molecular complexity index is 351. The molecule has 0 spiro atoms. The van der Waals surface area contributed by atoms with Crippen LogP contribution in [-0.4, -0.2) is 78.3 Å². The first kappa shape index (κ1) is 14.2. The third kappa shape index (κ3) is 3.42. The zero-order valence-electron chi connectivity index (χ0n) is 10.8. The molecule has 2 fully saturated rings. The third-order valence-corrected chi connectivity index (χ3v) is 3.63. The Morgan fingerprint density at radius 1 is 1.47 bits per heavy atom. The van der Waals surface area contributed by atoms with E-state index in [0.29, 0.717) is 32.6 Å². The number of halogens is 1. The van der Waals surface area contributed by atoms with Crippen LogP contribution in [0.4, 0.5) is 4.39 Å². The normalized spacial score (nSPS) is 28.0. The lowest BCUT2D eigenvalue weighted by atomic mass is 10.1. The number of aliphatic hydroxyl groups excluding tert-OH is 1. The van der Waals surface area contributed by atoms with Crippen LogP contribution in [0.25, 0.3) is 0 Å². The minimum absolute atomic E-state index is 0.0777. The first-order valence-electron chi connectivity index (χ1n) is 6.66. The monoisotopic (exact) mass is 273 g/mol. The van der Waals surface area contributed by atoms with Gasteiger partial charge in [0.15, 0.2) is 0 Å². The molecular weight excluding hydrogens is 253 g/mol. The van der Waals surface area contributed by atoms with Gasteiger partial charge in [-0.2, -0.15) is 0 Å². The zero-order valence-corrected chi connectivity index (χ0v) is 10.8. The molecular formula is C12H20FN3O3. The van der Waals surface area contributed by atoms with Crippen molar-refractivity contribution >= 4 is 11.8 Å². The summed E-state index contributed by atoms with van der Waals surface area (Å²) in [5.74, 6) is -0.346. The molecule has 2 N–H and O–H groups in total. The van der Waals surface area contributed by atoms with Crippen molar-refractivity contribution in [3.8, 4) is 0 Å². The summed E-state index contributed by atoms with van der Waals surface area (Å²) < 4.78 is 12.3. The van der Waals surface area contributed by atoms with Gasteiger partial charge in [-0.3, -0.25) is 9.59 Å². The van der Waals surface area contributed by atoms with Crippen LogP contribution in [-0.2, 0) is 9.59 Å². The van der Waals surface area contributed by atoms with Crippen molar-refractivity contribution in [3.63, 3.8) is 0 Å². The molecule has 0 aromatic carbocycles. The van der Waals surface area contributed by atoms with Crippen LogP contribution >= 0.6 is 0 Å². The number of piperazine rings is 1. The molecule has 2 heterocycles. The fourth-order valence-electron chi connectivity index (χ4n) is 2.55. The highest BCUT2D eigenvalue weighted by atomic mass is 19.1. The molecule has 19 heavy (non-hydrogen) atoms. The number of carbonyl (C=O) groups is 2. The van der Waals surface area contributed by atoms with Crippen molar-refractivity contribution in [1.29, 1.82) is 0 Å². The molecule has 2 amide bonds. The van der Waals surface area contributed by atoms with E-state index in [9.17, 15) is 19.1 Å². The van der Waals surface area contributed by atoms with Gasteiger partial charge >= 0.3 is 0 Å². The van der Waals surface area contributed by atoms with Crippen LogP contribution in [0.2, 0.25) is 0 Å². The number of alkyl halides is 1. The van der Waals surface area contributed by atoms with E-state index in [1.165, 1.54) is 4.90 Å². The van der Waals surface area contributed by atoms with Gasteiger partial charge in [0.05, 0.1) is 18.6 Å². The molecule has 0 aromatic rings. The number of rotatable bonds is 4. The molecule has 2 atom stereocenters. The topological polar surface area (TPSA) is 72.9 Å². The molecule has 2 saturated heterocycles. The Labute approximate surface area is 111 Å². The molecule has 2 rings (SSSR count). The first-order valence-corrected chi connectivity index (χ1v) is 6.66. The zero-order chi connectivity index (χ0) is 13.8. The lowest BCUT2D eigenvalue weighted by molar-refractivity contribution is -0.140. The number of likely N-dealkylation sites (tertiary alicyclic amines) is 1. The molecule has 2 aliphatic heterocycles. The highest BCUT2D eigenvalue weighted by Gasteiger charge is 2.32. The van der Waals surface area contributed by atoms with E-state index in [2.05, 4.69) is 5.32 Å². The maximum atomic E-state index is 12.3. The number of carbonyl (C=O) groups excluding carboxylic acids is 2. The maximum Gasteiger partial charge on any atom is 0.240 e. The molecule has 0 saturated carbocycles. The quantitative estimate of drug-likeness (QED) is 0.670. The van der Waals surface area contributed by atoms with Crippen LogP contribution in [0.1, 0.15) is 12.8 Å². The van der Waals surface area contributed by atoms with Crippen molar-refractivity contribution in [2.45, 2.75) is 25.0 Å². The number of amides is 2. The minimum atomic E-state index is -0.565. The van der Waals surface area contributed by atoms with Gasteiger partial charge in [-0.05, 0) is 6.42 Å². The molecule has 108 valence electrons. The van der Waals surface area contributed by atoms with Crippen LogP contribution in [0.5, 0.6) is 0 Å². The van der Waals surface area contributed by atoms with Crippen molar-refractivity contribution < 1.29 is 19.1 Å². The van der Waals surface area contributed by atoms with Gasteiger partial charge in [0.2, 0.25) is 11.8 Å². The lowest BCUT2D eigenvalue weighted by Gasteiger charge is -2.33. The molecule has 0 radical (unpaired) electrons. The van der Waals surface area contributed by atoms with Gasteiger partial charge < -0.3 is 20.2 Å². The summed E-state index contributed by atoms with van der Waals surface area (Å²) >= 11 is 0. The minimum Gasteiger partial charge on any atom is -0.391 e. The average molecular weight is 273 g/mol. The summed E-state index contributed by atoms with van der Waals surface area (Å²) in [6, 6.07) is -0.564. The molecule has 0 aliphatic carbocycles. The van der Waals surface area contributed by atoms with E-state index in [1.54, 1.807) is 4.90 Å². The molecule has 0 bridgehead atoms. The summed E-state index contributed by atoms with van der Waals surface area (Å²) in [7, 11) is 0. The highest BCUT2D eigenvalue weighted by Crippen LogP contribution is 2.13. The number of nitrogens with one attached hydrogen (secondary N) is 1. The number of β-amino-alcohol motifs (C(OH)–C–C–N with tert-alkyl or cyclic N) is 1. The SMILES string of the molecule is O=C(CC1NCCN(CCF)C1=O)N1CCC(O)C1. The second-order valence-electron chi connectivity index (χ2n) is 5.01. The van der Waals surface area contributed by atoms with Crippen molar-refractivity contribution in [1.82, 2.24) is 15.1 Å². The predicted molar refractivity (Wildman–Crippen MR) is 66.2 cm³/mol. The summed E-state index contributed by atoms with van der Waals surface area (Å²) in [6.07, 6.45) is 0.210. The fraction of sp³-hybridized carbons (Fsp3) is 0.833. The second-order valence-corrected chi connectivity index (χ2v) is 5.01. The Morgan fingerprint density at radius 3 is 2.89 bits per heavy atom. The fourth-order valence-corrected chi connectivity index (χ4v) is 2.55. The number of aliphatic hydroxyl groups is 1. The van der Waals surface area contributed by atoms with Crippen molar-refractivity contribution in [3.05, 3.63) is 0 Å². The van der Waals surface area contributed by atoms with Crippen LogP contribution in [0.3, 0.4) is 0 Å². The van der Waals surface area contributed by atoms with E-state index in [1.807, 2.05) is 0 Å². The number of hydrogen-bond donors (Lipinski definition) is 2. The third-order valence-electron chi connectivity index (χ3n) is 3.63. The highest BCUT2D eigenvalue weighted by molar-refractivity contribution is 5.89. The molecule has 2 aliphatic rings. The Hall–Kier alpha value is -1.21. The van der Waals surface area contributed by atoms with E-state index < -0.39 is 18.8 Å². The Kier molecular flexibility index (Phi) is 4.71. The number of nitrogens with zero attached hydrogens (tertiary/aromatic N) is 2. The van der Waals surface area contributed by atoms with Gasteiger partial charge in [-0.15, -0.1) is 0 Å². The summed E-state index contributed by atoms with van der Waals surface area (Å²) in [5, 5.41) is 12.4. The summed E-state index contributed by atoms with van der Waals surface area (Å²) in [4.78, 5) is 27.0. The average Bonchev–Trinajstić information content (AvgIpc) is 2.81. The first-order chi connectivity index (χ1) is 9.11. The molecule has 0 aromatic heterocycles. The standard InChI is InChI=1S/C12H20FN3O3/c13-2-5-15-6-3-14-10(12(15)19)7-11(18)16-4-1-9(17)8-16/h9-10,14,17H,1-8H2. The predicted octanol–water partition coefficient (Wildman–Crippen LogP) is -1.26. The van der Waals surface area contributed by atoms with Gasteiger partial charge in [0.25, 0.3) is 0 Å². The molecule has 2 unspecified atom stereocenters. The van der Waals surface area contributed by atoms with Gasteiger partial charge in [0.1, 0.15) is 6.67 Å². The largest absolute Gasteiger partial charge is 0.391 e. The van der Waals surface area contributed by atoms with E-state index in [-0.39, 0.29) is 24.8 Å². The van der Waals surface area contributed by atoms with E-state index in [0.717, 1.165) is 0 Å².